The van der Waals surface area contributed by atoms with E-state index in [0.29, 0.717) is 30.0 Å². The first-order chi connectivity index (χ1) is 31.6. The first kappa shape index (κ1) is 48.7. The number of fused-ring (bicyclic) bond motifs is 2. The molecule has 2 saturated heterocycles. The largest absolute Gasteiger partial charge is 0.385 e. The molecule has 2 saturated carbocycles. The number of carbonyl (C=O) groups is 4. The smallest absolute Gasteiger partial charge is 0.263 e. The molecular weight excluding hydrogens is 833 g/mol. The average molecular weight is 903 g/mol. The zero-order chi connectivity index (χ0) is 47.1. The van der Waals surface area contributed by atoms with Crippen molar-refractivity contribution in [3.63, 3.8) is 0 Å². The number of carbonyl (C=O) groups excluding carboxylic acids is 4. The SMILES string of the molecule is CC(=O)c1c(C)c2cnc(Nc3ccc4c(n3)CCN(CC3CCCCC3)C4)nc2n(C2CCCC2)c1=O.CC1CCC(=O)NC1=O.CCc1cc(C2(O)CCN(C)CC2)ccc1C(C)=O. The van der Waals surface area contributed by atoms with Gasteiger partial charge in [-0.25, -0.2) is 9.97 Å². The fraction of sp³-hybridized carbons (Fsp3) is 0.577. The summed E-state index contributed by atoms with van der Waals surface area (Å²) in [7, 11) is 2.08. The van der Waals surface area contributed by atoms with E-state index < -0.39 is 5.60 Å². The lowest BCUT2D eigenvalue weighted by Crippen LogP contribution is -2.40. The number of pyridine rings is 2. The summed E-state index contributed by atoms with van der Waals surface area (Å²) in [5.74, 6) is 1.61. The Bertz CT molecular complexity index is 2480. The number of rotatable bonds is 9. The van der Waals surface area contributed by atoms with Gasteiger partial charge in [0, 0.05) is 80.4 Å². The van der Waals surface area contributed by atoms with Crippen LogP contribution in [0.2, 0.25) is 0 Å². The van der Waals surface area contributed by atoms with Gasteiger partial charge in [-0.15, -0.1) is 0 Å². The number of nitrogens with one attached hydrogen (secondary N) is 2. The van der Waals surface area contributed by atoms with Gasteiger partial charge in [0.25, 0.3) is 5.56 Å². The van der Waals surface area contributed by atoms with Crippen LogP contribution in [0.4, 0.5) is 11.8 Å². The van der Waals surface area contributed by atoms with E-state index in [9.17, 15) is 29.1 Å². The Kier molecular flexibility index (Phi) is 16.0. The number of hydrogen-bond acceptors (Lipinski definition) is 12. The average Bonchev–Trinajstić information content (AvgIpc) is 3.84. The summed E-state index contributed by atoms with van der Waals surface area (Å²) in [6, 6.07) is 10.0. The van der Waals surface area contributed by atoms with Gasteiger partial charge in [0.05, 0.1) is 11.2 Å². The van der Waals surface area contributed by atoms with Crippen molar-refractivity contribution in [2.24, 2.45) is 11.8 Å². The van der Waals surface area contributed by atoms with E-state index in [1.165, 1.54) is 51.1 Å². The highest BCUT2D eigenvalue weighted by Crippen LogP contribution is 2.35. The van der Waals surface area contributed by atoms with E-state index >= 15 is 0 Å². The second kappa shape index (κ2) is 21.6. The highest BCUT2D eigenvalue weighted by molar-refractivity contribution is 6.00. The number of ketones is 2. The lowest BCUT2D eigenvalue weighted by atomic mass is 9.82. The van der Waals surface area contributed by atoms with Crippen molar-refractivity contribution in [1.82, 2.24) is 34.6 Å². The minimum Gasteiger partial charge on any atom is -0.385 e. The summed E-state index contributed by atoms with van der Waals surface area (Å²) in [4.78, 5) is 77.7. The number of aliphatic hydroxyl groups is 1. The van der Waals surface area contributed by atoms with Crippen molar-refractivity contribution in [2.45, 2.75) is 149 Å². The van der Waals surface area contributed by atoms with Crippen molar-refractivity contribution in [1.29, 1.82) is 0 Å². The van der Waals surface area contributed by atoms with Crippen LogP contribution < -0.4 is 16.2 Å². The van der Waals surface area contributed by atoms with E-state index in [0.717, 1.165) is 117 Å². The van der Waals surface area contributed by atoms with Gasteiger partial charge in [-0.1, -0.05) is 70.2 Å². The van der Waals surface area contributed by atoms with E-state index in [1.54, 1.807) is 17.7 Å². The molecule has 0 radical (unpaired) electrons. The molecule has 2 amide bonds. The normalized spacial score (nSPS) is 20.4. The summed E-state index contributed by atoms with van der Waals surface area (Å²) in [5, 5.41) is 17.1. The van der Waals surface area contributed by atoms with Crippen LogP contribution in [0.25, 0.3) is 11.0 Å². The minimum atomic E-state index is -0.730. The third-order valence-electron chi connectivity index (χ3n) is 14.6. The maximum absolute atomic E-state index is 13.5. The molecule has 3 aliphatic heterocycles. The molecule has 6 heterocycles. The maximum Gasteiger partial charge on any atom is 0.263 e. The Labute approximate surface area is 389 Å². The minimum absolute atomic E-state index is 0.0164. The molecule has 2 aliphatic carbocycles. The molecule has 66 heavy (non-hydrogen) atoms. The molecule has 4 fully saturated rings. The molecule has 4 aromatic rings. The van der Waals surface area contributed by atoms with Gasteiger partial charge in [-0.05, 0) is 113 Å². The third kappa shape index (κ3) is 11.5. The number of aryl methyl sites for hydroxylation is 2. The summed E-state index contributed by atoms with van der Waals surface area (Å²) in [6.45, 7) is 13.8. The van der Waals surface area contributed by atoms with E-state index in [1.807, 2.05) is 45.0 Å². The highest BCUT2D eigenvalue weighted by Gasteiger charge is 2.34. The molecule has 5 aliphatic rings. The molecule has 1 unspecified atom stereocenters. The number of imide groups is 1. The highest BCUT2D eigenvalue weighted by atomic mass is 16.3. The van der Waals surface area contributed by atoms with Gasteiger partial charge in [-0.3, -0.25) is 38.8 Å². The predicted octanol–water partition coefficient (Wildman–Crippen LogP) is 7.92. The monoisotopic (exact) mass is 903 g/mol. The standard InChI is InChI=1S/C30H38N6O2.C16H23NO2.C6H9NO2/c1-19-24-16-31-30(34-28(24)36(23-10-6-7-11-23)29(38)27(19)20(2)37)33-26-13-12-22-18-35(15-14-25(22)32-26)17-21-8-4-3-5-9-21;1-4-13-11-14(5-6-15(13)12(2)18)16(19)7-9-17(3)10-8-16;1-4-2-3-5(8)7-6(4)9/h12-13,16,21,23H,3-11,14-15,17-18H2,1-2H3,(H,31,32,33,34);5-6,11,19H,4,7-10H2,1-3H3;4H,2-3H2,1H3,(H,7,8,9). The number of piperidine rings is 2. The Hall–Kier alpha value is -5.18. The molecule has 3 aromatic heterocycles. The van der Waals surface area contributed by atoms with Crippen molar-refractivity contribution < 1.29 is 24.3 Å². The molecule has 14 nitrogen and oxygen atoms in total. The van der Waals surface area contributed by atoms with Crippen LogP contribution in [0.1, 0.15) is 166 Å². The van der Waals surface area contributed by atoms with Gasteiger partial charge >= 0.3 is 0 Å². The van der Waals surface area contributed by atoms with E-state index in [4.69, 9.17) is 9.97 Å². The first-order valence-electron chi connectivity index (χ1n) is 24.4. The van der Waals surface area contributed by atoms with Crippen LogP contribution in [0.15, 0.2) is 41.3 Å². The van der Waals surface area contributed by atoms with Crippen molar-refractivity contribution in [3.05, 3.63) is 86.0 Å². The van der Waals surface area contributed by atoms with Crippen LogP contribution in [-0.4, -0.2) is 91.0 Å². The number of hydrogen-bond donors (Lipinski definition) is 3. The van der Waals surface area contributed by atoms with Crippen LogP contribution in [-0.2, 0) is 34.6 Å². The van der Waals surface area contributed by atoms with E-state index in [2.05, 4.69) is 38.5 Å². The number of aromatic nitrogens is 4. The van der Waals surface area contributed by atoms with Crippen molar-refractivity contribution in [2.75, 3.05) is 38.5 Å². The Morgan fingerprint density at radius 2 is 1.61 bits per heavy atom. The topological polar surface area (TPSA) is 180 Å². The lowest BCUT2D eigenvalue weighted by Gasteiger charge is -2.37. The molecular formula is C52H70N8O6. The van der Waals surface area contributed by atoms with Crippen LogP contribution in [0, 0.1) is 18.8 Å². The summed E-state index contributed by atoms with van der Waals surface area (Å²) < 4.78 is 1.75. The Morgan fingerprint density at radius 1 is 0.894 bits per heavy atom. The van der Waals surface area contributed by atoms with Crippen molar-refractivity contribution in [3.8, 4) is 0 Å². The molecule has 0 spiro atoms. The molecule has 354 valence electrons. The third-order valence-corrected chi connectivity index (χ3v) is 14.6. The fourth-order valence-electron chi connectivity index (χ4n) is 10.5. The number of nitrogens with zero attached hydrogens (tertiary/aromatic N) is 6. The number of amides is 2. The summed E-state index contributed by atoms with van der Waals surface area (Å²) >= 11 is 0. The second-order valence-electron chi connectivity index (χ2n) is 19.5. The van der Waals surface area contributed by atoms with Gasteiger partial charge in [0.2, 0.25) is 17.8 Å². The maximum atomic E-state index is 13.5. The van der Waals surface area contributed by atoms with E-state index in [-0.39, 0.29) is 46.5 Å². The lowest BCUT2D eigenvalue weighted by molar-refractivity contribution is -0.135. The Balaban J connectivity index is 0.000000191. The summed E-state index contributed by atoms with van der Waals surface area (Å²) in [6.07, 6.45) is 17.1. The number of benzene rings is 1. The van der Waals surface area contributed by atoms with Crippen LogP contribution >= 0.6 is 0 Å². The predicted molar refractivity (Wildman–Crippen MR) is 257 cm³/mol. The van der Waals surface area contributed by atoms with Gasteiger partial charge in [0.15, 0.2) is 11.6 Å². The molecule has 9 rings (SSSR count). The number of likely N-dealkylation sites (tertiary alicyclic amines) is 1. The fourth-order valence-corrected chi connectivity index (χ4v) is 10.5. The number of Topliss-reactive ketones (excluding diaryl/α,β-unsaturated/α-hetero) is 2. The molecule has 1 aromatic carbocycles. The molecule has 0 bridgehead atoms. The van der Waals surface area contributed by atoms with Gasteiger partial charge in [-0.2, -0.15) is 4.98 Å². The van der Waals surface area contributed by atoms with Gasteiger partial charge in [0.1, 0.15) is 11.5 Å². The Morgan fingerprint density at radius 3 is 2.26 bits per heavy atom. The summed E-state index contributed by atoms with van der Waals surface area (Å²) in [5.41, 5.74) is 5.77. The van der Waals surface area contributed by atoms with Crippen LogP contribution in [0.3, 0.4) is 0 Å². The quantitative estimate of drug-likeness (QED) is 0.109. The van der Waals surface area contributed by atoms with Crippen LogP contribution in [0.5, 0.6) is 0 Å². The first-order valence-corrected chi connectivity index (χ1v) is 24.4. The van der Waals surface area contributed by atoms with Crippen molar-refractivity contribution >= 4 is 46.2 Å². The van der Waals surface area contributed by atoms with Gasteiger partial charge < -0.3 is 15.3 Å². The molecule has 1 atom stereocenters. The zero-order valence-corrected chi connectivity index (χ0v) is 40.0. The molecule has 14 heteroatoms. The number of anilines is 2. The second-order valence-corrected chi connectivity index (χ2v) is 19.5. The molecule has 3 N–H and O–H groups in total. The zero-order valence-electron chi connectivity index (χ0n) is 40.0.